The van der Waals surface area contributed by atoms with E-state index < -0.39 is 21.9 Å². The molecule has 2 heterocycles. The van der Waals surface area contributed by atoms with Crippen LogP contribution in [-0.2, 0) is 30.8 Å². The SMILES string of the molecule is CCOC(=O)C(=O)N1CCN(c2cc(S(=O)(=O)N3CCC(Cc4ccccc4)CC3)ccc2OC)CC1. The molecule has 0 N–H and O–H groups in total. The number of hydrogen-bond donors (Lipinski definition) is 0. The second-order valence-electron chi connectivity index (χ2n) is 9.37. The lowest BCUT2D eigenvalue weighted by molar-refractivity contribution is -0.160. The number of carbonyl (C=O) groups is 2. The molecule has 2 aromatic carbocycles. The molecule has 2 aliphatic rings. The Kier molecular flexibility index (Phi) is 8.71. The van der Waals surface area contributed by atoms with Gasteiger partial charge in [-0.15, -0.1) is 0 Å². The number of hydrogen-bond acceptors (Lipinski definition) is 7. The van der Waals surface area contributed by atoms with Gasteiger partial charge in [-0.1, -0.05) is 30.3 Å². The Balaban J connectivity index is 1.42. The Morgan fingerprint density at radius 3 is 2.24 bits per heavy atom. The summed E-state index contributed by atoms with van der Waals surface area (Å²) >= 11 is 0. The first-order valence-electron chi connectivity index (χ1n) is 12.8. The van der Waals surface area contributed by atoms with Crippen LogP contribution in [0.1, 0.15) is 25.3 Å². The van der Waals surface area contributed by atoms with Crippen molar-refractivity contribution in [3.8, 4) is 5.75 Å². The summed E-state index contributed by atoms with van der Waals surface area (Å²) < 4.78 is 39.0. The summed E-state index contributed by atoms with van der Waals surface area (Å²) in [5.41, 5.74) is 1.94. The van der Waals surface area contributed by atoms with E-state index in [1.807, 2.05) is 23.1 Å². The van der Waals surface area contributed by atoms with Crippen molar-refractivity contribution < 1.29 is 27.5 Å². The average Bonchev–Trinajstić information content (AvgIpc) is 2.93. The summed E-state index contributed by atoms with van der Waals surface area (Å²) in [6.07, 6.45) is 2.62. The molecule has 0 spiro atoms. The molecular formula is C27H35N3O6S. The van der Waals surface area contributed by atoms with E-state index in [9.17, 15) is 18.0 Å². The van der Waals surface area contributed by atoms with E-state index in [4.69, 9.17) is 9.47 Å². The van der Waals surface area contributed by atoms with Crippen molar-refractivity contribution in [2.45, 2.75) is 31.1 Å². The molecule has 0 unspecified atom stereocenters. The van der Waals surface area contributed by atoms with Crippen molar-refractivity contribution in [2.24, 2.45) is 5.92 Å². The van der Waals surface area contributed by atoms with E-state index in [0.717, 1.165) is 19.3 Å². The lowest BCUT2D eigenvalue weighted by Gasteiger charge is -2.36. The zero-order chi connectivity index (χ0) is 26.4. The standard InChI is InChI=1S/C27H35N3O6S/c1-3-36-27(32)26(31)29-17-15-28(16-18-29)24-20-23(9-10-25(24)35-2)37(33,34)30-13-11-22(12-14-30)19-21-7-5-4-6-8-21/h4-10,20,22H,3,11-19H2,1-2H3. The smallest absolute Gasteiger partial charge is 0.397 e. The Labute approximate surface area is 219 Å². The number of nitrogens with zero attached hydrogens (tertiary/aromatic N) is 3. The van der Waals surface area contributed by atoms with Crippen molar-refractivity contribution in [2.75, 3.05) is 57.9 Å². The molecule has 2 fully saturated rings. The van der Waals surface area contributed by atoms with Gasteiger partial charge >= 0.3 is 11.9 Å². The summed E-state index contributed by atoms with van der Waals surface area (Å²) in [4.78, 5) is 27.7. The molecule has 0 aromatic heterocycles. The van der Waals surface area contributed by atoms with Gasteiger partial charge in [0, 0.05) is 39.3 Å². The van der Waals surface area contributed by atoms with Gasteiger partial charge in [0.15, 0.2) is 0 Å². The largest absolute Gasteiger partial charge is 0.495 e. The maximum Gasteiger partial charge on any atom is 0.397 e. The van der Waals surface area contributed by atoms with Gasteiger partial charge in [0.25, 0.3) is 0 Å². The fourth-order valence-corrected chi connectivity index (χ4v) is 6.49. The van der Waals surface area contributed by atoms with E-state index in [2.05, 4.69) is 12.1 Å². The van der Waals surface area contributed by atoms with Crippen LogP contribution in [0.5, 0.6) is 5.75 Å². The van der Waals surface area contributed by atoms with Crippen molar-refractivity contribution in [3.05, 3.63) is 54.1 Å². The number of methoxy groups -OCH3 is 1. The van der Waals surface area contributed by atoms with E-state index >= 15 is 0 Å². The second-order valence-corrected chi connectivity index (χ2v) is 11.3. The van der Waals surface area contributed by atoms with Crippen LogP contribution in [0, 0.1) is 5.92 Å². The molecule has 2 aromatic rings. The Morgan fingerprint density at radius 2 is 1.62 bits per heavy atom. The summed E-state index contributed by atoms with van der Waals surface area (Å²) in [5, 5.41) is 0. The molecule has 10 heteroatoms. The third-order valence-electron chi connectivity index (χ3n) is 7.09. The average molecular weight is 530 g/mol. The Morgan fingerprint density at radius 1 is 0.946 bits per heavy atom. The van der Waals surface area contributed by atoms with E-state index in [1.54, 1.807) is 36.5 Å². The van der Waals surface area contributed by atoms with Gasteiger partial charge in [-0.25, -0.2) is 13.2 Å². The molecule has 37 heavy (non-hydrogen) atoms. The predicted octanol–water partition coefficient (Wildman–Crippen LogP) is 2.55. The van der Waals surface area contributed by atoms with Crippen LogP contribution < -0.4 is 9.64 Å². The highest BCUT2D eigenvalue weighted by Crippen LogP contribution is 2.34. The maximum absolute atomic E-state index is 13.5. The number of piperidine rings is 1. The number of anilines is 1. The van der Waals surface area contributed by atoms with Gasteiger partial charge in [0.1, 0.15) is 5.75 Å². The quantitative estimate of drug-likeness (QED) is 0.402. The van der Waals surface area contributed by atoms with Crippen molar-refractivity contribution in [1.82, 2.24) is 9.21 Å². The number of carbonyl (C=O) groups excluding carboxylic acids is 2. The van der Waals surface area contributed by atoms with Gasteiger partial charge in [-0.3, -0.25) is 4.79 Å². The van der Waals surface area contributed by atoms with Crippen LogP contribution in [0.15, 0.2) is 53.4 Å². The van der Waals surface area contributed by atoms with Crippen molar-refractivity contribution in [3.63, 3.8) is 0 Å². The number of sulfonamides is 1. The summed E-state index contributed by atoms with van der Waals surface area (Å²) in [6.45, 7) is 4.33. The third-order valence-corrected chi connectivity index (χ3v) is 8.98. The van der Waals surface area contributed by atoms with Crippen LogP contribution in [0.3, 0.4) is 0 Å². The molecule has 0 atom stereocenters. The molecular weight excluding hydrogens is 494 g/mol. The first kappa shape index (κ1) is 26.9. The first-order chi connectivity index (χ1) is 17.8. The molecule has 0 saturated carbocycles. The lowest BCUT2D eigenvalue weighted by atomic mass is 9.91. The molecule has 2 aliphatic heterocycles. The molecule has 2 saturated heterocycles. The molecule has 0 aliphatic carbocycles. The van der Waals surface area contributed by atoms with Gasteiger partial charge in [-0.05, 0) is 55.9 Å². The maximum atomic E-state index is 13.5. The number of rotatable bonds is 7. The predicted molar refractivity (Wildman–Crippen MR) is 140 cm³/mol. The summed E-state index contributed by atoms with van der Waals surface area (Å²) in [6, 6.07) is 15.2. The topological polar surface area (TPSA) is 96.5 Å². The highest BCUT2D eigenvalue weighted by Gasteiger charge is 2.32. The van der Waals surface area contributed by atoms with Crippen LogP contribution in [0.2, 0.25) is 0 Å². The molecule has 1 amide bonds. The highest BCUT2D eigenvalue weighted by molar-refractivity contribution is 7.89. The van der Waals surface area contributed by atoms with Crippen LogP contribution >= 0.6 is 0 Å². The molecule has 0 bridgehead atoms. The number of amides is 1. The van der Waals surface area contributed by atoms with Crippen LogP contribution in [0.4, 0.5) is 5.69 Å². The monoisotopic (exact) mass is 529 g/mol. The van der Waals surface area contributed by atoms with Gasteiger partial charge in [-0.2, -0.15) is 4.31 Å². The summed E-state index contributed by atoms with van der Waals surface area (Å²) in [5.74, 6) is -0.478. The number of benzene rings is 2. The molecule has 9 nitrogen and oxygen atoms in total. The van der Waals surface area contributed by atoms with Crippen LogP contribution in [0.25, 0.3) is 0 Å². The summed E-state index contributed by atoms with van der Waals surface area (Å²) in [7, 11) is -2.11. The minimum atomic E-state index is -3.66. The fourth-order valence-electron chi connectivity index (χ4n) is 5.00. The van der Waals surface area contributed by atoms with E-state index in [1.165, 1.54) is 10.5 Å². The van der Waals surface area contributed by atoms with Crippen LogP contribution in [-0.4, -0.2) is 82.5 Å². The molecule has 0 radical (unpaired) electrons. The van der Waals surface area contributed by atoms with Crippen molar-refractivity contribution >= 4 is 27.6 Å². The minimum Gasteiger partial charge on any atom is -0.495 e. The van der Waals surface area contributed by atoms with E-state index in [0.29, 0.717) is 56.6 Å². The first-order valence-corrected chi connectivity index (χ1v) is 14.2. The van der Waals surface area contributed by atoms with Crippen molar-refractivity contribution in [1.29, 1.82) is 0 Å². The number of piperazine rings is 1. The molecule has 4 rings (SSSR count). The Bertz CT molecular complexity index is 1190. The third kappa shape index (κ3) is 6.24. The van der Waals surface area contributed by atoms with Gasteiger partial charge in [0.2, 0.25) is 10.0 Å². The Hall–Kier alpha value is -3.11. The minimum absolute atomic E-state index is 0.147. The normalized spacial score (nSPS) is 17.5. The fraction of sp³-hybridized carbons (Fsp3) is 0.481. The van der Waals surface area contributed by atoms with Gasteiger partial charge in [0.05, 0.1) is 24.3 Å². The zero-order valence-electron chi connectivity index (χ0n) is 21.5. The zero-order valence-corrected chi connectivity index (χ0v) is 22.3. The second kappa shape index (κ2) is 12.0. The van der Waals surface area contributed by atoms with Gasteiger partial charge < -0.3 is 19.3 Å². The number of esters is 1. The van der Waals surface area contributed by atoms with E-state index in [-0.39, 0.29) is 11.5 Å². The lowest BCUT2D eigenvalue weighted by Crippen LogP contribution is -2.51. The molecule has 200 valence electrons. The number of ether oxygens (including phenoxy) is 2. The highest BCUT2D eigenvalue weighted by atomic mass is 32.2.